The van der Waals surface area contributed by atoms with Crippen molar-refractivity contribution in [3.63, 3.8) is 0 Å². The number of fused-ring (bicyclic) bond motifs is 1. The smallest absolute Gasteiger partial charge is 0.191 e. The predicted octanol–water partition coefficient (Wildman–Crippen LogP) is 3.28. The van der Waals surface area contributed by atoms with Gasteiger partial charge >= 0.3 is 0 Å². The minimum absolute atomic E-state index is 0.277. The van der Waals surface area contributed by atoms with Gasteiger partial charge in [0.1, 0.15) is 5.82 Å². The van der Waals surface area contributed by atoms with Crippen LogP contribution in [0.25, 0.3) is 0 Å². The molecule has 1 aromatic rings. The summed E-state index contributed by atoms with van der Waals surface area (Å²) in [7, 11) is 1.82. The van der Waals surface area contributed by atoms with Crippen molar-refractivity contribution in [2.45, 2.75) is 85.2 Å². The van der Waals surface area contributed by atoms with E-state index in [4.69, 9.17) is 0 Å². The third-order valence-electron chi connectivity index (χ3n) is 5.02. The van der Waals surface area contributed by atoms with Gasteiger partial charge in [-0.05, 0) is 24.7 Å². The summed E-state index contributed by atoms with van der Waals surface area (Å²) in [6.45, 7) is 9.53. The number of nitrogens with one attached hydrogen (secondary N) is 2. The SMILES string of the molecule is CCCCCC(C)(C)CNC(=NC)NCc1nnc2n1CCCCC2. The fraction of sp³-hybridized carbons (Fsp3) is 0.842. The van der Waals surface area contributed by atoms with Crippen LogP contribution in [0.2, 0.25) is 0 Å². The fourth-order valence-electron chi connectivity index (χ4n) is 3.32. The van der Waals surface area contributed by atoms with Crippen molar-refractivity contribution in [1.29, 1.82) is 0 Å². The second kappa shape index (κ2) is 9.78. The van der Waals surface area contributed by atoms with E-state index in [2.05, 4.69) is 51.2 Å². The molecule has 0 radical (unpaired) electrons. The Balaban J connectivity index is 1.82. The zero-order valence-electron chi connectivity index (χ0n) is 16.6. The molecule has 1 aromatic heterocycles. The molecule has 6 heteroatoms. The number of guanidine groups is 1. The Labute approximate surface area is 152 Å². The van der Waals surface area contributed by atoms with Gasteiger partial charge in [-0.15, -0.1) is 10.2 Å². The molecular weight excluding hydrogens is 312 g/mol. The zero-order chi connectivity index (χ0) is 18.1. The molecule has 0 amide bonds. The van der Waals surface area contributed by atoms with E-state index in [1.807, 2.05) is 7.05 Å². The van der Waals surface area contributed by atoms with Crippen molar-refractivity contribution >= 4 is 5.96 Å². The molecule has 0 fully saturated rings. The molecule has 0 saturated carbocycles. The van der Waals surface area contributed by atoms with Crippen LogP contribution in [0.5, 0.6) is 0 Å². The molecule has 0 atom stereocenters. The topological polar surface area (TPSA) is 67.1 Å². The molecule has 0 unspecified atom stereocenters. The molecule has 1 aliphatic rings. The maximum Gasteiger partial charge on any atom is 0.191 e. The lowest BCUT2D eigenvalue weighted by molar-refractivity contribution is 0.318. The van der Waals surface area contributed by atoms with E-state index in [-0.39, 0.29) is 5.41 Å². The molecule has 1 aliphatic heterocycles. The van der Waals surface area contributed by atoms with E-state index < -0.39 is 0 Å². The number of hydrogen-bond acceptors (Lipinski definition) is 3. The van der Waals surface area contributed by atoms with E-state index in [1.54, 1.807) is 0 Å². The van der Waals surface area contributed by atoms with Crippen LogP contribution in [0, 0.1) is 5.41 Å². The van der Waals surface area contributed by atoms with Crippen molar-refractivity contribution in [2.75, 3.05) is 13.6 Å². The number of hydrogen-bond donors (Lipinski definition) is 2. The van der Waals surface area contributed by atoms with Crippen LogP contribution < -0.4 is 10.6 Å². The first-order chi connectivity index (χ1) is 12.1. The number of aliphatic imine (C=N–C) groups is 1. The molecule has 25 heavy (non-hydrogen) atoms. The summed E-state index contributed by atoms with van der Waals surface area (Å²) in [5.74, 6) is 2.99. The highest BCUT2D eigenvalue weighted by molar-refractivity contribution is 5.79. The molecule has 0 bridgehead atoms. The first-order valence-corrected chi connectivity index (χ1v) is 9.91. The zero-order valence-corrected chi connectivity index (χ0v) is 16.6. The quantitative estimate of drug-likeness (QED) is 0.430. The second-order valence-electron chi connectivity index (χ2n) is 7.90. The standard InChI is InChI=1S/C19H36N6/c1-5-6-9-12-19(2,3)15-22-18(20-4)21-14-17-24-23-16-11-8-7-10-13-25(16)17/h5-15H2,1-4H3,(H2,20,21,22). The van der Waals surface area contributed by atoms with Crippen LogP contribution >= 0.6 is 0 Å². The highest BCUT2D eigenvalue weighted by Gasteiger charge is 2.18. The van der Waals surface area contributed by atoms with Gasteiger partial charge in [0.25, 0.3) is 0 Å². The average molecular weight is 349 g/mol. The monoisotopic (exact) mass is 348 g/mol. The molecule has 2 rings (SSSR count). The minimum Gasteiger partial charge on any atom is -0.356 e. The molecule has 0 spiro atoms. The summed E-state index contributed by atoms with van der Waals surface area (Å²) in [6.07, 6.45) is 9.90. The summed E-state index contributed by atoms with van der Waals surface area (Å²) >= 11 is 0. The van der Waals surface area contributed by atoms with Gasteiger partial charge in [-0.1, -0.05) is 46.5 Å². The Morgan fingerprint density at radius 2 is 2.00 bits per heavy atom. The summed E-state index contributed by atoms with van der Waals surface area (Å²) in [5, 5.41) is 15.6. The molecule has 6 nitrogen and oxygen atoms in total. The summed E-state index contributed by atoms with van der Waals surface area (Å²) in [5.41, 5.74) is 0.277. The molecule has 2 N–H and O–H groups in total. The first kappa shape index (κ1) is 19.7. The molecule has 2 heterocycles. The van der Waals surface area contributed by atoms with Gasteiger partial charge in [0.05, 0.1) is 6.54 Å². The van der Waals surface area contributed by atoms with E-state index in [9.17, 15) is 0 Å². The third-order valence-corrected chi connectivity index (χ3v) is 5.02. The predicted molar refractivity (Wildman–Crippen MR) is 104 cm³/mol. The maximum absolute atomic E-state index is 4.37. The lowest BCUT2D eigenvalue weighted by Crippen LogP contribution is -2.42. The van der Waals surface area contributed by atoms with Gasteiger partial charge in [-0.3, -0.25) is 4.99 Å². The van der Waals surface area contributed by atoms with Crippen LogP contribution in [0.1, 0.15) is 77.4 Å². The van der Waals surface area contributed by atoms with Crippen molar-refractivity contribution < 1.29 is 0 Å². The van der Waals surface area contributed by atoms with Gasteiger partial charge < -0.3 is 15.2 Å². The van der Waals surface area contributed by atoms with Crippen LogP contribution in [-0.2, 0) is 19.5 Å². The third kappa shape index (κ3) is 6.33. The number of rotatable bonds is 8. The van der Waals surface area contributed by atoms with Crippen molar-refractivity contribution in [3.8, 4) is 0 Å². The Hall–Kier alpha value is -1.59. The Kier molecular flexibility index (Phi) is 7.72. The highest BCUT2D eigenvalue weighted by atomic mass is 15.3. The van der Waals surface area contributed by atoms with E-state index in [0.717, 1.165) is 37.1 Å². The minimum atomic E-state index is 0.277. The van der Waals surface area contributed by atoms with Gasteiger partial charge in [0, 0.05) is 26.6 Å². The second-order valence-corrected chi connectivity index (χ2v) is 7.90. The van der Waals surface area contributed by atoms with Crippen LogP contribution in [0.15, 0.2) is 4.99 Å². The largest absolute Gasteiger partial charge is 0.356 e. The number of unbranched alkanes of at least 4 members (excludes halogenated alkanes) is 2. The van der Waals surface area contributed by atoms with E-state index in [0.29, 0.717) is 6.54 Å². The number of nitrogens with zero attached hydrogens (tertiary/aromatic N) is 4. The first-order valence-electron chi connectivity index (χ1n) is 9.91. The summed E-state index contributed by atoms with van der Waals surface area (Å²) in [6, 6.07) is 0. The summed E-state index contributed by atoms with van der Waals surface area (Å²) < 4.78 is 2.28. The Bertz CT molecular complexity index is 546. The van der Waals surface area contributed by atoms with Crippen molar-refractivity contribution in [1.82, 2.24) is 25.4 Å². The highest BCUT2D eigenvalue weighted by Crippen LogP contribution is 2.22. The van der Waals surface area contributed by atoms with Gasteiger partial charge in [-0.2, -0.15) is 0 Å². The van der Waals surface area contributed by atoms with E-state index >= 15 is 0 Å². The lowest BCUT2D eigenvalue weighted by atomic mass is 9.87. The number of aryl methyl sites for hydroxylation is 1. The van der Waals surface area contributed by atoms with Crippen molar-refractivity contribution in [3.05, 3.63) is 11.6 Å². The Morgan fingerprint density at radius 1 is 1.16 bits per heavy atom. The molecule has 0 saturated heterocycles. The maximum atomic E-state index is 4.37. The molecular formula is C19H36N6. The van der Waals surface area contributed by atoms with Crippen molar-refractivity contribution in [2.24, 2.45) is 10.4 Å². The molecule has 142 valence electrons. The molecule has 0 aliphatic carbocycles. The molecule has 0 aromatic carbocycles. The normalized spacial score (nSPS) is 15.6. The van der Waals surface area contributed by atoms with Gasteiger partial charge in [0.15, 0.2) is 11.8 Å². The summed E-state index contributed by atoms with van der Waals surface area (Å²) in [4.78, 5) is 4.35. The van der Waals surface area contributed by atoms with Crippen LogP contribution in [0.4, 0.5) is 0 Å². The van der Waals surface area contributed by atoms with Crippen LogP contribution in [-0.4, -0.2) is 34.3 Å². The van der Waals surface area contributed by atoms with E-state index in [1.165, 1.54) is 44.9 Å². The number of aromatic nitrogens is 3. The van der Waals surface area contributed by atoms with Gasteiger partial charge in [-0.25, -0.2) is 0 Å². The van der Waals surface area contributed by atoms with Crippen LogP contribution in [0.3, 0.4) is 0 Å². The van der Waals surface area contributed by atoms with Gasteiger partial charge in [0.2, 0.25) is 0 Å². The lowest BCUT2D eigenvalue weighted by Gasteiger charge is -2.26. The fourth-order valence-corrected chi connectivity index (χ4v) is 3.32. The average Bonchev–Trinajstić information content (AvgIpc) is 2.82. The Morgan fingerprint density at radius 3 is 2.76 bits per heavy atom.